The number of fused-ring (bicyclic) bond motifs is 3. The van der Waals surface area contributed by atoms with Gasteiger partial charge in [-0.1, -0.05) is 42.8 Å². The van der Waals surface area contributed by atoms with Crippen LogP contribution in [0.15, 0.2) is 60.1 Å². The number of hydrogen-bond acceptors (Lipinski definition) is 8. The number of rotatable bonds is 22. The number of thiophene rings is 1. The summed E-state index contributed by atoms with van der Waals surface area (Å²) in [6.07, 6.45) is 5.30. The molecule has 0 amide bonds. The van der Waals surface area contributed by atoms with E-state index in [0.29, 0.717) is 59.4 Å². The Morgan fingerprint density at radius 3 is 2.31 bits per heavy atom. The molecule has 0 bridgehead atoms. The summed E-state index contributed by atoms with van der Waals surface area (Å²) in [6, 6.07) is 18.0. The average Bonchev–Trinajstić information content (AvgIpc) is 3.83. The molecular weight excluding hydrogens is 586 g/mol. The zero-order valence-electron chi connectivity index (χ0n) is 26.7. The van der Waals surface area contributed by atoms with Crippen LogP contribution < -0.4 is 5.32 Å². The molecule has 0 saturated heterocycles. The van der Waals surface area contributed by atoms with Gasteiger partial charge in [0, 0.05) is 52.5 Å². The van der Waals surface area contributed by atoms with Crippen LogP contribution in [-0.2, 0) is 45.0 Å². The molecule has 242 valence electrons. The Hall–Kier alpha value is -3.12. The van der Waals surface area contributed by atoms with E-state index in [-0.39, 0.29) is 0 Å². The number of aryl methyl sites for hydroxylation is 2. The number of benzene rings is 2. The minimum Gasteiger partial charge on any atom is -0.378 e. The molecule has 0 aliphatic heterocycles. The molecule has 45 heavy (non-hydrogen) atoms. The third-order valence-electron chi connectivity index (χ3n) is 7.76. The van der Waals surface area contributed by atoms with Crippen molar-refractivity contribution < 1.29 is 18.9 Å². The maximum Gasteiger partial charge on any atom is 0.0827 e. The van der Waals surface area contributed by atoms with E-state index in [4.69, 9.17) is 18.9 Å². The minimum atomic E-state index is 0.547. The summed E-state index contributed by atoms with van der Waals surface area (Å²) in [5.74, 6) is 0. The minimum absolute atomic E-state index is 0.547. The summed E-state index contributed by atoms with van der Waals surface area (Å²) < 4.78 is 26.8. The van der Waals surface area contributed by atoms with E-state index in [0.717, 1.165) is 44.6 Å². The fraction of sp³-hybridized carbons (Fsp3) is 0.486. The van der Waals surface area contributed by atoms with Crippen molar-refractivity contribution >= 4 is 33.1 Å². The van der Waals surface area contributed by atoms with Crippen molar-refractivity contribution in [2.75, 3.05) is 59.4 Å². The molecule has 0 aliphatic rings. The first-order valence-corrected chi connectivity index (χ1v) is 17.1. The first-order chi connectivity index (χ1) is 22.3. The molecular formula is C35H47N5O4S. The standard InChI is InChI=1S/C35H47N5O4S/c1-3-5-7-30-27-39(38-37-30)14-16-42-18-20-44-22-21-43-19-17-41-15-13-36-26-28-9-12-33-32(24-28)31-11-10-29(35-8-6-23-45-35)25-34(31)40(33)4-2/h6,8-12,23-25,27,36H,3-5,7,13-22,26H2,1-2H3. The van der Waals surface area contributed by atoms with Gasteiger partial charge in [0.25, 0.3) is 0 Å². The van der Waals surface area contributed by atoms with Gasteiger partial charge in [-0.15, -0.1) is 16.4 Å². The Bertz CT molecular complexity index is 1570. The van der Waals surface area contributed by atoms with Crippen LogP contribution in [0.2, 0.25) is 0 Å². The molecule has 3 heterocycles. The van der Waals surface area contributed by atoms with Gasteiger partial charge < -0.3 is 28.8 Å². The molecule has 0 atom stereocenters. The number of unbranched alkanes of at least 4 members (excludes halogenated alkanes) is 1. The first-order valence-electron chi connectivity index (χ1n) is 16.3. The highest BCUT2D eigenvalue weighted by atomic mass is 32.1. The van der Waals surface area contributed by atoms with E-state index in [2.05, 4.69) is 88.0 Å². The van der Waals surface area contributed by atoms with Crippen LogP contribution in [0.25, 0.3) is 32.2 Å². The normalized spacial score (nSPS) is 11.8. The highest BCUT2D eigenvalue weighted by molar-refractivity contribution is 7.13. The van der Waals surface area contributed by atoms with Gasteiger partial charge in [0.2, 0.25) is 0 Å². The van der Waals surface area contributed by atoms with Gasteiger partial charge in [-0.25, -0.2) is 4.68 Å². The molecule has 0 spiro atoms. The highest BCUT2D eigenvalue weighted by Crippen LogP contribution is 2.34. The molecule has 0 aliphatic carbocycles. The van der Waals surface area contributed by atoms with E-state index in [1.807, 2.05) is 10.9 Å². The van der Waals surface area contributed by atoms with E-state index in [1.165, 1.54) is 37.8 Å². The molecule has 0 unspecified atom stereocenters. The number of aromatic nitrogens is 4. The average molecular weight is 634 g/mol. The summed E-state index contributed by atoms with van der Waals surface area (Å²) in [5, 5.41) is 16.6. The van der Waals surface area contributed by atoms with Crippen molar-refractivity contribution in [2.24, 2.45) is 0 Å². The molecule has 0 fully saturated rings. The van der Waals surface area contributed by atoms with Gasteiger partial charge in [-0.05, 0) is 60.5 Å². The van der Waals surface area contributed by atoms with Crippen molar-refractivity contribution in [1.29, 1.82) is 0 Å². The lowest BCUT2D eigenvalue weighted by atomic mass is 10.1. The highest BCUT2D eigenvalue weighted by Gasteiger charge is 2.12. The zero-order valence-corrected chi connectivity index (χ0v) is 27.5. The fourth-order valence-corrected chi connectivity index (χ4v) is 6.13. The van der Waals surface area contributed by atoms with Gasteiger partial charge in [0.15, 0.2) is 0 Å². The molecule has 2 aromatic carbocycles. The zero-order chi connectivity index (χ0) is 31.1. The van der Waals surface area contributed by atoms with Crippen molar-refractivity contribution in [3.8, 4) is 10.4 Å². The molecule has 0 radical (unpaired) electrons. The quantitative estimate of drug-likeness (QED) is 0.0892. The van der Waals surface area contributed by atoms with E-state index in [1.54, 1.807) is 11.3 Å². The second-order valence-corrected chi connectivity index (χ2v) is 12.0. The van der Waals surface area contributed by atoms with Gasteiger partial charge in [-0.3, -0.25) is 0 Å². The van der Waals surface area contributed by atoms with Crippen LogP contribution in [0, 0.1) is 0 Å². The third kappa shape index (κ3) is 9.68. The van der Waals surface area contributed by atoms with Crippen LogP contribution >= 0.6 is 11.3 Å². The maximum atomic E-state index is 5.73. The number of hydrogen-bond donors (Lipinski definition) is 1. The SMILES string of the molecule is CCCCc1cn(CCOCCOCCOCCOCCNCc2ccc3c(c2)c2ccc(-c4cccs4)cc2n3CC)nn1. The lowest BCUT2D eigenvalue weighted by Gasteiger charge is -2.09. The maximum absolute atomic E-state index is 5.73. The molecule has 3 aromatic heterocycles. The van der Waals surface area contributed by atoms with E-state index < -0.39 is 0 Å². The molecule has 1 N–H and O–H groups in total. The summed E-state index contributed by atoms with van der Waals surface area (Å²) in [4.78, 5) is 1.31. The van der Waals surface area contributed by atoms with Gasteiger partial charge in [0.05, 0.1) is 65.1 Å². The Morgan fingerprint density at radius 1 is 0.800 bits per heavy atom. The number of ether oxygens (including phenoxy) is 4. The summed E-state index contributed by atoms with van der Waals surface area (Å²) in [7, 11) is 0. The van der Waals surface area contributed by atoms with Crippen molar-refractivity contribution in [2.45, 2.75) is 52.7 Å². The van der Waals surface area contributed by atoms with Crippen LogP contribution in [0.3, 0.4) is 0 Å². The second kappa shape index (κ2) is 18.1. The van der Waals surface area contributed by atoms with E-state index in [9.17, 15) is 0 Å². The molecule has 5 aromatic rings. The first kappa shape index (κ1) is 33.2. The summed E-state index contributed by atoms with van der Waals surface area (Å²) in [5.41, 5.74) is 6.19. The van der Waals surface area contributed by atoms with Crippen LogP contribution in [-0.4, -0.2) is 79.0 Å². The van der Waals surface area contributed by atoms with Crippen molar-refractivity contribution in [3.63, 3.8) is 0 Å². The molecule has 9 nitrogen and oxygen atoms in total. The van der Waals surface area contributed by atoms with Gasteiger partial charge in [0.1, 0.15) is 0 Å². The molecule has 0 saturated carbocycles. The topological polar surface area (TPSA) is 84.6 Å². The van der Waals surface area contributed by atoms with Crippen molar-refractivity contribution in [3.05, 3.63) is 71.4 Å². The molecule has 10 heteroatoms. The summed E-state index contributed by atoms with van der Waals surface area (Å²) >= 11 is 1.79. The predicted molar refractivity (Wildman–Crippen MR) is 182 cm³/mol. The Balaban J connectivity index is 0.890. The van der Waals surface area contributed by atoms with Gasteiger partial charge in [-0.2, -0.15) is 0 Å². The Kier molecular flexibility index (Phi) is 13.4. The number of nitrogens with one attached hydrogen (secondary N) is 1. The second-order valence-electron chi connectivity index (χ2n) is 11.0. The number of nitrogens with zero attached hydrogens (tertiary/aromatic N) is 4. The van der Waals surface area contributed by atoms with Gasteiger partial charge >= 0.3 is 0 Å². The van der Waals surface area contributed by atoms with Crippen molar-refractivity contribution in [1.82, 2.24) is 24.9 Å². The smallest absolute Gasteiger partial charge is 0.0827 e. The summed E-state index contributed by atoms with van der Waals surface area (Å²) in [6.45, 7) is 12.2. The van der Waals surface area contributed by atoms with Crippen LogP contribution in [0.5, 0.6) is 0 Å². The van der Waals surface area contributed by atoms with Crippen LogP contribution in [0.1, 0.15) is 37.9 Å². The Labute approximate surface area is 270 Å². The van der Waals surface area contributed by atoms with Crippen LogP contribution in [0.4, 0.5) is 0 Å². The largest absolute Gasteiger partial charge is 0.378 e. The Morgan fingerprint density at radius 2 is 1.58 bits per heavy atom. The predicted octanol–water partition coefficient (Wildman–Crippen LogP) is 6.33. The van der Waals surface area contributed by atoms with E-state index >= 15 is 0 Å². The monoisotopic (exact) mass is 633 g/mol. The third-order valence-corrected chi connectivity index (χ3v) is 8.68. The lowest BCUT2D eigenvalue weighted by molar-refractivity contribution is -0.00245. The molecule has 5 rings (SSSR count). The lowest BCUT2D eigenvalue weighted by Crippen LogP contribution is -2.20. The fourth-order valence-electron chi connectivity index (χ4n) is 5.41.